The molecule has 0 aromatic heterocycles. The second-order valence-corrected chi connectivity index (χ2v) is 5.03. The number of anilines is 2. The number of nitrogens with two attached hydrogens (primary N) is 1. The van der Waals surface area contributed by atoms with Gasteiger partial charge in [-0.15, -0.1) is 0 Å². The molecule has 0 radical (unpaired) electrons. The van der Waals surface area contributed by atoms with Gasteiger partial charge in [0.05, 0.1) is 0 Å². The van der Waals surface area contributed by atoms with Gasteiger partial charge in [-0.1, -0.05) is 24.3 Å². The number of hydrogen-bond donors (Lipinski definition) is 1. The van der Waals surface area contributed by atoms with Gasteiger partial charge in [0, 0.05) is 24.8 Å². The van der Waals surface area contributed by atoms with Crippen LogP contribution in [0.25, 0.3) is 0 Å². The molecule has 0 aliphatic heterocycles. The Morgan fingerprint density at radius 3 is 2.50 bits per heavy atom. The van der Waals surface area contributed by atoms with Gasteiger partial charge in [0.2, 0.25) is 5.91 Å². The number of carbonyl (C=O) groups is 1. The Balaban J connectivity index is 1.96. The van der Waals surface area contributed by atoms with Crippen LogP contribution in [-0.4, -0.2) is 13.0 Å². The minimum Gasteiger partial charge on any atom is -0.399 e. The van der Waals surface area contributed by atoms with E-state index in [2.05, 4.69) is 0 Å². The van der Waals surface area contributed by atoms with E-state index < -0.39 is 0 Å². The molecule has 0 spiro atoms. The van der Waals surface area contributed by atoms with Crippen LogP contribution in [0.3, 0.4) is 0 Å². The van der Waals surface area contributed by atoms with Crippen molar-refractivity contribution in [2.45, 2.75) is 19.8 Å². The molecular formula is C17H20N2O. The van der Waals surface area contributed by atoms with Crippen molar-refractivity contribution in [3.8, 4) is 0 Å². The molecule has 0 fully saturated rings. The second-order valence-electron chi connectivity index (χ2n) is 5.03. The first kappa shape index (κ1) is 14.1. The maximum atomic E-state index is 12.2. The van der Waals surface area contributed by atoms with Crippen molar-refractivity contribution < 1.29 is 4.79 Å². The molecule has 0 unspecified atom stereocenters. The summed E-state index contributed by atoms with van der Waals surface area (Å²) >= 11 is 0. The maximum Gasteiger partial charge on any atom is 0.227 e. The van der Waals surface area contributed by atoms with Gasteiger partial charge < -0.3 is 10.6 Å². The number of amides is 1. The lowest BCUT2D eigenvalue weighted by Gasteiger charge is -2.17. The van der Waals surface area contributed by atoms with Crippen molar-refractivity contribution in [3.05, 3.63) is 59.7 Å². The van der Waals surface area contributed by atoms with Gasteiger partial charge in [-0.25, -0.2) is 0 Å². The van der Waals surface area contributed by atoms with E-state index >= 15 is 0 Å². The smallest absolute Gasteiger partial charge is 0.227 e. The van der Waals surface area contributed by atoms with E-state index in [9.17, 15) is 4.79 Å². The Morgan fingerprint density at radius 1 is 1.15 bits per heavy atom. The van der Waals surface area contributed by atoms with E-state index in [1.165, 1.54) is 0 Å². The zero-order chi connectivity index (χ0) is 14.5. The first-order chi connectivity index (χ1) is 9.56. The number of nitrogens with zero attached hydrogens (tertiary/aromatic N) is 1. The van der Waals surface area contributed by atoms with Gasteiger partial charge in [0.25, 0.3) is 0 Å². The average Bonchev–Trinajstić information content (AvgIpc) is 2.45. The summed E-state index contributed by atoms with van der Waals surface area (Å²) < 4.78 is 0. The van der Waals surface area contributed by atoms with Crippen LogP contribution in [0.15, 0.2) is 48.5 Å². The molecule has 2 aromatic carbocycles. The fourth-order valence-corrected chi connectivity index (χ4v) is 2.08. The summed E-state index contributed by atoms with van der Waals surface area (Å²) in [6.07, 6.45) is 1.23. The molecule has 2 N–H and O–H groups in total. The fraction of sp³-hybridized carbons (Fsp3) is 0.235. The van der Waals surface area contributed by atoms with Crippen LogP contribution >= 0.6 is 0 Å². The summed E-state index contributed by atoms with van der Waals surface area (Å²) in [5, 5.41) is 0. The summed E-state index contributed by atoms with van der Waals surface area (Å²) in [4.78, 5) is 13.9. The standard InChI is InChI=1S/C17H20N2O/c1-13-4-3-5-16(12-13)19(2)17(20)11-8-14-6-9-15(18)10-7-14/h3-7,9-10,12H,8,11,18H2,1-2H3. The lowest BCUT2D eigenvalue weighted by atomic mass is 10.1. The fourth-order valence-electron chi connectivity index (χ4n) is 2.08. The molecule has 3 heteroatoms. The second kappa shape index (κ2) is 6.24. The highest BCUT2D eigenvalue weighted by Crippen LogP contribution is 2.16. The Bertz CT molecular complexity index is 590. The number of hydrogen-bond acceptors (Lipinski definition) is 2. The molecule has 0 aliphatic rings. The van der Waals surface area contributed by atoms with Crippen LogP contribution in [0.2, 0.25) is 0 Å². The third kappa shape index (κ3) is 3.60. The van der Waals surface area contributed by atoms with Crippen LogP contribution in [0.5, 0.6) is 0 Å². The molecule has 2 rings (SSSR count). The number of aryl methyl sites for hydroxylation is 2. The highest BCUT2D eigenvalue weighted by atomic mass is 16.2. The highest BCUT2D eigenvalue weighted by Gasteiger charge is 2.10. The first-order valence-electron chi connectivity index (χ1n) is 6.74. The summed E-state index contributed by atoms with van der Waals surface area (Å²) in [6, 6.07) is 15.6. The third-order valence-corrected chi connectivity index (χ3v) is 3.37. The zero-order valence-electron chi connectivity index (χ0n) is 12.0. The van der Waals surface area contributed by atoms with Gasteiger partial charge in [-0.3, -0.25) is 4.79 Å². The molecule has 1 amide bonds. The minimum absolute atomic E-state index is 0.118. The number of benzene rings is 2. The van der Waals surface area contributed by atoms with Crippen LogP contribution in [-0.2, 0) is 11.2 Å². The van der Waals surface area contributed by atoms with Crippen molar-refractivity contribution in [3.63, 3.8) is 0 Å². The summed E-state index contributed by atoms with van der Waals surface area (Å²) in [5.41, 5.74) is 9.61. The quantitative estimate of drug-likeness (QED) is 0.866. The molecular weight excluding hydrogens is 248 g/mol. The Morgan fingerprint density at radius 2 is 1.85 bits per heavy atom. The SMILES string of the molecule is Cc1cccc(N(C)C(=O)CCc2ccc(N)cc2)c1. The monoisotopic (exact) mass is 268 g/mol. The van der Waals surface area contributed by atoms with Gasteiger partial charge in [0.1, 0.15) is 0 Å². The molecule has 0 bridgehead atoms. The Labute approximate surface area is 120 Å². The minimum atomic E-state index is 0.118. The van der Waals surface area contributed by atoms with Gasteiger partial charge in [-0.2, -0.15) is 0 Å². The molecule has 0 saturated carbocycles. The summed E-state index contributed by atoms with van der Waals surface area (Å²) in [5.74, 6) is 0.118. The number of carbonyl (C=O) groups excluding carboxylic acids is 1. The van der Waals surface area contributed by atoms with Crippen molar-refractivity contribution >= 4 is 17.3 Å². The molecule has 0 heterocycles. The van der Waals surface area contributed by atoms with Crippen LogP contribution < -0.4 is 10.6 Å². The van der Waals surface area contributed by atoms with Crippen molar-refractivity contribution in [2.24, 2.45) is 0 Å². The summed E-state index contributed by atoms with van der Waals surface area (Å²) in [6.45, 7) is 2.02. The normalized spacial score (nSPS) is 10.3. The van der Waals surface area contributed by atoms with Crippen LogP contribution in [0.1, 0.15) is 17.5 Å². The van der Waals surface area contributed by atoms with Crippen molar-refractivity contribution in [2.75, 3.05) is 17.7 Å². The third-order valence-electron chi connectivity index (χ3n) is 3.37. The molecule has 3 nitrogen and oxygen atoms in total. The molecule has 0 atom stereocenters. The van der Waals surface area contributed by atoms with E-state index in [1.54, 1.807) is 4.90 Å². The molecule has 20 heavy (non-hydrogen) atoms. The van der Waals surface area contributed by atoms with Crippen LogP contribution in [0, 0.1) is 6.92 Å². The lowest BCUT2D eigenvalue weighted by Crippen LogP contribution is -2.26. The highest BCUT2D eigenvalue weighted by molar-refractivity contribution is 5.92. The molecule has 2 aromatic rings. The predicted octanol–water partition coefficient (Wildman–Crippen LogP) is 3.17. The van der Waals surface area contributed by atoms with E-state index in [1.807, 2.05) is 62.5 Å². The van der Waals surface area contributed by atoms with E-state index in [-0.39, 0.29) is 5.91 Å². The van der Waals surface area contributed by atoms with Gasteiger partial charge in [0.15, 0.2) is 0 Å². The first-order valence-corrected chi connectivity index (χ1v) is 6.74. The van der Waals surface area contributed by atoms with E-state index in [4.69, 9.17) is 5.73 Å². The van der Waals surface area contributed by atoms with Gasteiger partial charge >= 0.3 is 0 Å². The van der Waals surface area contributed by atoms with Crippen molar-refractivity contribution in [1.82, 2.24) is 0 Å². The topological polar surface area (TPSA) is 46.3 Å². The summed E-state index contributed by atoms with van der Waals surface area (Å²) in [7, 11) is 1.82. The number of rotatable bonds is 4. The Hall–Kier alpha value is -2.29. The van der Waals surface area contributed by atoms with Crippen LogP contribution in [0.4, 0.5) is 11.4 Å². The largest absolute Gasteiger partial charge is 0.399 e. The van der Waals surface area contributed by atoms with E-state index in [0.29, 0.717) is 6.42 Å². The zero-order valence-corrected chi connectivity index (χ0v) is 12.0. The Kier molecular flexibility index (Phi) is 4.41. The lowest BCUT2D eigenvalue weighted by molar-refractivity contribution is -0.118. The molecule has 0 saturated heterocycles. The molecule has 0 aliphatic carbocycles. The van der Waals surface area contributed by atoms with Crippen molar-refractivity contribution in [1.29, 1.82) is 0 Å². The van der Waals surface area contributed by atoms with E-state index in [0.717, 1.165) is 28.9 Å². The number of nitrogen functional groups attached to an aromatic ring is 1. The maximum absolute atomic E-state index is 12.2. The predicted molar refractivity (Wildman–Crippen MR) is 83.8 cm³/mol. The van der Waals surface area contributed by atoms with Gasteiger partial charge in [-0.05, 0) is 48.7 Å². The average molecular weight is 268 g/mol. The molecule has 104 valence electrons.